The van der Waals surface area contributed by atoms with E-state index in [0.29, 0.717) is 6.54 Å². The fourth-order valence-corrected chi connectivity index (χ4v) is 3.77. The van der Waals surface area contributed by atoms with E-state index in [1.54, 1.807) is 0 Å². The fourth-order valence-electron chi connectivity index (χ4n) is 3.77. The number of H-pyrrole nitrogens is 1. The molecular weight excluding hydrogens is 372 g/mol. The summed E-state index contributed by atoms with van der Waals surface area (Å²) in [5, 5.41) is 4.23. The smallest absolute Gasteiger partial charge is 0.257 e. The van der Waals surface area contributed by atoms with Crippen molar-refractivity contribution in [2.45, 2.75) is 19.8 Å². The molecule has 1 heterocycles. The van der Waals surface area contributed by atoms with Crippen molar-refractivity contribution in [1.82, 2.24) is 10.3 Å². The van der Waals surface area contributed by atoms with E-state index in [1.165, 1.54) is 10.9 Å². The number of nitrogens with one attached hydrogen (secondary N) is 2. The van der Waals surface area contributed by atoms with Crippen molar-refractivity contribution < 1.29 is 9.53 Å². The van der Waals surface area contributed by atoms with Gasteiger partial charge < -0.3 is 15.0 Å². The standard InChI is InChI=1S/C26H26N2O2/c1-18-9-8-14-25(19(18)2)30-17-26(29)28-15-22(20-10-4-3-5-11-20)23-16-27-24-13-7-6-12-21(23)24/h3-14,16,22,27H,15,17H2,1-2H3,(H,28,29). The number of ether oxygens (including phenoxy) is 1. The van der Waals surface area contributed by atoms with Gasteiger partial charge in [-0.3, -0.25) is 4.79 Å². The van der Waals surface area contributed by atoms with E-state index in [1.807, 2.05) is 68.6 Å². The number of para-hydroxylation sites is 1. The van der Waals surface area contributed by atoms with Crippen molar-refractivity contribution in [3.05, 3.63) is 101 Å². The van der Waals surface area contributed by atoms with Crippen LogP contribution in [0.4, 0.5) is 0 Å². The van der Waals surface area contributed by atoms with Crippen molar-refractivity contribution >= 4 is 16.8 Å². The minimum Gasteiger partial charge on any atom is -0.483 e. The van der Waals surface area contributed by atoms with E-state index < -0.39 is 0 Å². The third kappa shape index (κ3) is 4.23. The molecule has 4 nitrogen and oxygen atoms in total. The third-order valence-electron chi connectivity index (χ3n) is 5.62. The molecule has 1 atom stereocenters. The largest absolute Gasteiger partial charge is 0.483 e. The molecule has 0 aliphatic carbocycles. The summed E-state index contributed by atoms with van der Waals surface area (Å²) in [7, 11) is 0. The van der Waals surface area contributed by atoms with Crippen molar-refractivity contribution in [1.29, 1.82) is 0 Å². The average Bonchev–Trinajstić information content (AvgIpc) is 3.20. The molecule has 0 spiro atoms. The number of hydrogen-bond donors (Lipinski definition) is 2. The zero-order valence-electron chi connectivity index (χ0n) is 17.3. The van der Waals surface area contributed by atoms with Gasteiger partial charge in [0.15, 0.2) is 6.61 Å². The van der Waals surface area contributed by atoms with E-state index in [-0.39, 0.29) is 18.4 Å². The Morgan fingerprint density at radius 1 is 0.967 bits per heavy atom. The molecular formula is C26H26N2O2. The molecule has 0 aliphatic heterocycles. The number of carbonyl (C=O) groups is 1. The van der Waals surface area contributed by atoms with Crippen LogP contribution in [0.5, 0.6) is 5.75 Å². The molecule has 0 radical (unpaired) electrons. The molecule has 0 saturated carbocycles. The monoisotopic (exact) mass is 398 g/mol. The lowest BCUT2D eigenvalue weighted by atomic mass is 9.91. The topological polar surface area (TPSA) is 54.1 Å². The van der Waals surface area contributed by atoms with Gasteiger partial charge in [0.05, 0.1) is 0 Å². The number of hydrogen-bond acceptors (Lipinski definition) is 2. The normalized spacial score (nSPS) is 11.9. The first kappa shape index (κ1) is 19.8. The van der Waals surface area contributed by atoms with Crippen LogP contribution < -0.4 is 10.1 Å². The molecule has 1 unspecified atom stereocenters. The first-order valence-corrected chi connectivity index (χ1v) is 10.2. The first-order chi connectivity index (χ1) is 14.6. The van der Waals surface area contributed by atoms with Gasteiger partial charge >= 0.3 is 0 Å². The molecule has 4 heteroatoms. The summed E-state index contributed by atoms with van der Waals surface area (Å²) >= 11 is 0. The summed E-state index contributed by atoms with van der Waals surface area (Å²) in [5.41, 5.74) is 5.64. The third-order valence-corrected chi connectivity index (χ3v) is 5.62. The maximum Gasteiger partial charge on any atom is 0.257 e. The lowest BCUT2D eigenvalue weighted by Gasteiger charge is -2.18. The van der Waals surface area contributed by atoms with Crippen molar-refractivity contribution in [3.8, 4) is 5.75 Å². The van der Waals surface area contributed by atoms with E-state index in [2.05, 4.69) is 34.6 Å². The molecule has 0 bridgehead atoms. The molecule has 3 aromatic carbocycles. The molecule has 1 amide bonds. The summed E-state index contributed by atoms with van der Waals surface area (Å²) in [4.78, 5) is 15.9. The van der Waals surface area contributed by atoms with Gasteiger partial charge in [-0.05, 0) is 48.2 Å². The molecule has 2 N–H and O–H groups in total. The number of aromatic amines is 1. The van der Waals surface area contributed by atoms with Crippen LogP contribution in [0.25, 0.3) is 10.9 Å². The molecule has 1 aromatic heterocycles. The van der Waals surface area contributed by atoms with Crippen molar-refractivity contribution in [2.75, 3.05) is 13.2 Å². The Labute approximate surface area is 176 Å². The summed E-state index contributed by atoms with van der Waals surface area (Å²) in [5.74, 6) is 0.671. The van der Waals surface area contributed by atoms with Crippen LogP contribution in [0, 0.1) is 13.8 Å². The Bertz CT molecular complexity index is 1150. The van der Waals surface area contributed by atoms with Crippen LogP contribution in [0.1, 0.15) is 28.2 Å². The van der Waals surface area contributed by atoms with Gasteiger partial charge in [-0.1, -0.05) is 60.7 Å². The minimum atomic E-state index is -0.128. The Morgan fingerprint density at radius 3 is 2.57 bits per heavy atom. The van der Waals surface area contributed by atoms with Crippen molar-refractivity contribution in [3.63, 3.8) is 0 Å². The highest BCUT2D eigenvalue weighted by Gasteiger charge is 2.19. The summed E-state index contributed by atoms with van der Waals surface area (Å²) in [6.45, 7) is 4.54. The minimum absolute atomic E-state index is 0.000310. The van der Waals surface area contributed by atoms with E-state index >= 15 is 0 Å². The number of amides is 1. The van der Waals surface area contributed by atoms with Gasteiger partial charge in [0.2, 0.25) is 0 Å². The molecule has 0 aliphatic rings. The lowest BCUT2D eigenvalue weighted by Crippen LogP contribution is -2.32. The van der Waals surface area contributed by atoms with Crippen LogP contribution in [0.2, 0.25) is 0 Å². The molecule has 4 aromatic rings. The Balaban J connectivity index is 1.49. The second-order valence-electron chi connectivity index (χ2n) is 7.54. The second-order valence-corrected chi connectivity index (χ2v) is 7.54. The van der Waals surface area contributed by atoms with Crippen molar-refractivity contribution in [2.24, 2.45) is 0 Å². The summed E-state index contributed by atoms with van der Waals surface area (Å²) in [6.07, 6.45) is 2.04. The van der Waals surface area contributed by atoms with E-state index in [9.17, 15) is 4.79 Å². The van der Waals surface area contributed by atoms with Gasteiger partial charge in [0.1, 0.15) is 5.75 Å². The van der Waals surface area contributed by atoms with Crippen LogP contribution in [-0.2, 0) is 4.79 Å². The first-order valence-electron chi connectivity index (χ1n) is 10.2. The summed E-state index contributed by atoms with van der Waals surface area (Å²) in [6, 6.07) is 24.4. The molecule has 0 saturated heterocycles. The quantitative estimate of drug-likeness (QED) is 0.454. The number of aromatic nitrogens is 1. The maximum atomic E-state index is 12.5. The Hall–Kier alpha value is -3.53. The highest BCUT2D eigenvalue weighted by Crippen LogP contribution is 2.30. The number of rotatable bonds is 7. The van der Waals surface area contributed by atoms with Gasteiger partial charge in [-0.2, -0.15) is 0 Å². The zero-order valence-corrected chi connectivity index (χ0v) is 17.3. The zero-order chi connectivity index (χ0) is 20.9. The van der Waals surface area contributed by atoms with E-state index in [4.69, 9.17) is 4.74 Å². The van der Waals surface area contributed by atoms with Crippen LogP contribution in [0.15, 0.2) is 79.0 Å². The Kier molecular flexibility index (Phi) is 5.84. The van der Waals surface area contributed by atoms with Gasteiger partial charge in [0.25, 0.3) is 5.91 Å². The number of benzene rings is 3. The number of fused-ring (bicyclic) bond motifs is 1. The predicted molar refractivity (Wildman–Crippen MR) is 121 cm³/mol. The highest BCUT2D eigenvalue weighted by molar-refractivity contribution is 5.84. The van der Waals surface area contributed by atoms with Crippen LogP contribution in [0.3, 0.4) is 0 Å². The number of aryl methyl sites for hydroxylation is 1. The predicted octanol–water partition coefficient (Wildman–Crippen LogP) is 5.11. The maximum absolute atomic E-state index is 12.5. The second kappa shape index (κ2) is 8.87. The van der Waals surface area contributed by atoms with E-state index in [0.717, 1.165) is 28.0 Å². The van der Waals surface area contributed by atoms with Crippen LogP contribution >= 0.6 is 0 Å². The molecule has 30 heavy (non-hydrogen) atoms. The average molecular weight is 399 g/mol. The molecule has 4 rings (SSSR count). The number of carbonyl (C=O) groups excluding carboxylic acids is 1. The van der Waals surface area contributed by atoms with Gasteiger partial charge in [-0.25, -0.2) is 0 Å². The molecule has 0 fully saturated rings. The molecule has 152 valence electrons. The van der Waals surface area contributed by atoms with Crippen LogP contribution in [-0.4, -0.2) is 24.0 Å². The van der Waals surface area contributed by atoms with Gasteiger partial charge in [-0.15, -0.1) is 0 Å². The summed E-state index contributed by atoms with van der Waals surface area (Å²) < 4.78 is 5.76. The lowest BCUT2D eigenvalue weighted by molar-refractivity contribution is -0.123. The SMILES string of the molecule is Cc1cccc(OCC(=O)NCC(c2ccccc2)c2c[nH]c3ccccc23)c1C. The van der Waals surface area contributed by atoms with Gasteiger partial charge in [0, 0.05) is 29.6 Å². The Morgan fingerprint density at radius 2 is 1.73 bits per heavy atom. The fraction of sp³-hybridized carbons (Fsp3) is 0.192. The highest BCUT2D eigenvalue weighted by atomic mass is 16.5.